The number of anilines is 1. The summed E-state index contributed by atoms with van der Waals surface area (Å²) in [5.74, 6) is 0.319. The van der Waals surface area contributed by atoms with Crippen molar-refractivity contribution in [3.63, 3.8) is 0 Å². The summed E-state index contributed by atoms with van der Waals surface area (Å²) in [6.45, 7) is 2.71. The van der Waals surface area contributed by atoms with Crippen molar-refractivity contribution in [3.05, 3.63) is 59.4 Å². The second-order valence-electron chi connectivity index (χ2n) is 7.65. The molecule has 7 nitrogen and oxygen atoms in total. The Kier molecular flexibility index (Phi) is 6.18. The highest BCUT2D eigenvalue weighted by Gasteiger charge is 2.18. The number of nitrogens with two attached hydrogens (primary N) is 1. The molecule has 30 heavy (non-hydrogen) atoms. The first-order valence-corrected chi connectivity index (χ1v) is 10.6. The van der Waals surface area contributed by atoms with Crippen molar-refractivity contribution in [3.8, 4) is 11.1 Å². The molecular weight excluding hydrogens is 376 g/mol. The molecule has 0 aromatic carbocycles. The van der Waals surface area contributed by atoms with Gasteiger partial charge in [0, 0.05) is 46.0 Å². The van der Waals surface area contributed by atoms with Crippen LogP contribution in [0.5, 0.6) is 0 Å². The first kappa shape index (κ1) is 20.2. The van der Waals surface area contributed by atoms with Crippen molar-refractivity contribution in [1.82, 2.24) is 24.7 Å². The van der Waals surface area contributed by atoms with E-state index < -0.39 is 0 Å². The van der Waals surface area contributed by atoms with Gasteiger partial charge in [-0.2, -0.15) is 5.10 Å². The lowest BCUT2D eigenvalue weighted by Crippen LogP contribution is -2.05. The number of aryl methyl sites for hydroxylation is 2. The lowest BCUT2D eigenvalue weighted by atomic mass is 9.97. The van der Waals surface area contributed by atoms with E-state index in [0.29, 0.717) is 12.5 Å². The van der Waals surface area contributed by atoms with Crippen molar-refractivity contribution in [2.75, 3.05) is 12.3 Å². The van der Waals surface area contributed by atoms with Gasteiger partial charge in [0.25, 0.3) is 0 Å². The van der Waals surface area contributed by atoms with Crippen molar-refractivity contribution in [1.29, 1.82) is 0 Å². The number of unbranched alkanes of at least 4 members (excludes halogenated alkanes) is 1. The molecule has 7 heteroatoms. The number of nitrogens with zero attached hydrogens (tertiary/aromatic N) is 5. The van der Waals surface area contributed by atoms with Crippen LogP contribution in [0.2, 0.25) is 0 Å². The van der Waals surface area contributed by atoms with Gasteiger partial charge in [-0.1, -0.05) is 19.4 Å². The van der Waals surface area contributed by atoms with E-state index in [2.05, 4.69) is 40.2 Å². The number of fused-ring (bicyclic) bond motifs is 1. The molecule has 3 N–H and O–H groups in total. The molecule has 0 atom stereocenters. The maximum Gasteiger partial charge on any atom is 0.220 e. The van der Waals surface area contributed by atoms with Gasteiger partial charge in [0.2, 0.25) is 5.95 Å². The van der Waals surface area contributed by atoms with Gasteiger partial charge in [0.1, 0.15) is 0 Å². The highest BCUT2D eigenvalue weighted by atomic mass is 16.3. The van der Waals surface area contributed by atoms with Crippen LogP contribution in [0, 0.1) is 0 Å². The topological polar surface area (TPSA) is 103 Å². The molecule has 0 saturated heterocycles. The Hall–Kier alpha value is -3.06. The molecule has 156 valence electrons. The van der Waals surface area contributed by atoms with E-state index in [1.807, 2.05) is 18.6 Å². The fourth-order valence-electron chi connectivity index (χ4n) is 3.83. The first-order chi connectivity index (χ1) is 14.7. The Bertz CT molecular complexity index is 1060. The molecule has 0 amide bonds. The van der Waals surface area contributed by atoms with E-state index in [0.717, 1.165) is 77.9 Å². The van der Waals surface area contributed by atoms with Gasteiger partial charge in [-0.05, 0) is 44.2 Å². The molecule has 0 unspecified atom stereocenters. The molecular formula is C23H28N6O. The van der Waals surface area contributed by atoms with Gasteiger partial charge in [-0.15, -0.1) is 0 Å². The summed E-state index contributed by atoms with van der Waals surface area (Å²) in [7, 11) is 0. The van der Waals surface area contributed by atoms with Gasteiger partial charge >= 0.3 is 0 Å². The Morgan fingerprint density at radius 3 is 2.90 bits per heavy atom. The zero-order valence-corrected chi connectivity index (χ0v) is 17.4. The highest BCUT2D eigenvalue weighted by molar-refractivity contribution is 5.82. The van der Waals surface area contributed by atoms with Crippen LogP contribution in [0.4, 0.5) is 5.95 Å². The lowest BCUT2D eigenvalue weighted by molar-refractivity contribution is 0.269. The monoisotopic (exact) mass is 404 g/mol. The predicted octanol–water partition coefficient (Wildman–Crippen LogP) is 3.42. The third-order valence-corrected chi connectivity index (χ3v) is 5.38. The molecule has 0 spiro atoms. The number of allylic oxidation sites excluding steroid dienone is 1. The number of pyridine rings is 1. The zero-order valence-electron chi connectivity index (χ0n) is 17.4. The highest BCUT2D eigenvalue weighted by Crippen LogP contribution is 2.32. The Morgan fingerprint density at radius 1 is 1.17 bits per heavy atom. The zero-order chi connectivity index (χ0) is 20.9. The molecule has 0 fully saturated rings. The minimum Gasteiger partial charge on any atom is -0.394 e. The standard InChI is InChI=1S/C23H28N6O/c1-2-3-6-18-12-22(28-23(24)27-18)19-7-4-5-8-21-20(19)11-16(13-25-21)17-14-26-29(15-17)9-10-30/h7,11-15,30H,2-6,8-10H2,1H3,(H2,24,27,28). The molecule has 0 radical (unpaired) electrons. The summed E-state index contributed by atoms with van der Waals surface area (Å²) in [6.07, 6.45) is 14.0. The maximum atomic E-state index is 9.15. The molecule has 1 aliphatic rings. The number of nitrogen functional groups attached to an aromatic ring is 1. The number of aromatic nitrogens is 5. The van der Waals surface area contributed by atoms with Crippen LogP contribution in [0.25, 0.3) is 16.7 Å². The van der Waals surface area contributed by atoms with E-state index in [1.54, 1.807) is 4.68 Å². The summed E-state index contributed by atoms with van der Waals surface area (Å²) < 4.78 is 1.74. The fourth-order valence-corrected chi connectivity index (χ4v) is 3.83. The van der Waals surface area contributed by atoms with Gasteiger partial charge in [-0.25, -0.2) is 9.97 Å². The summed E-state index contributed by atoms with van der Waals surface area (Å²) in [5, 5.41) is 13.5. The average molecular weight is 405 g/mol. The Morgan fingerprint density at radius 2 is 2.07 bits per heavy atom. The summed E-state index contributed by atoms with van der Waals surface area (Å²) in [4.78, 5) is 13.8. The Labute approximate surface area is 176 Å². The average Bonchev–Trinajstić information content (AvgIpc) is 3.10. The third kappa shape index (κ3) is 4.41. The van der Waals surface area contributed by atoms with Crippen LogP contribution in [-0.4, -0.2) is 36.4 Å². The summed E-state index contributed by atoms with van der Waals surface area (Å²) in [5.41, 5.74) is 13.1. The van der Waals surface area contributed by atoms with E-state index >= 15 is 0 Å². The molecule has 0 aliphatic heterocycles. The molecule has 3 aromatic rings. The lowest BCUT2D eigenvalue weighted by Gasteiger charge is -2.13. The van der Waals surface area contributed by atoms with E-state index in [4.69, 9.17) is 15.8 Å². The predicted molar refractivity (Wildman–Crippen MR) is 118 cm³/mol. The van der Waals surface area contributed by atoms with Crippen LogP contribution in [0.3, 0.4) is 0 Å². The van der Waals surface area contributed by atoms with E-state index in [1.165, 1.54) is 0 Å². The van der Waals surface area contributed by atoms with E-state index in [-0.39, 0.29) is 6.61 Å². The number of aliphatic hydroxyl groups is 1. The normalized spacial score (nSPS) is 13.6. The minimum atomic E-state index is 0.0615. The summed E-state index contributed by atoms with van der Waals surface area (Å²) in [6, 6.07) is 4.24. The molecule has 3 heterocycles. The second kappa shape index (κ2) is 9.17. The molecule has 3 aromatic heterocycles. The van der Waals surface area contributed by atoms with Gasteiger partial charge in [0.05, 0.1) is 25.0 Å². The number of rotatable bonds is 7. The number of hydrogen-bond donors (Lipinski definition) is 2. The first-order valence-electron chi connectivity index (χ1n) is 10.6. The van der Waals surface area contributed by atoms with Crippen LogP contribution < -0.4 is 5.73 Å². The van der Waals surface area contributed by atoms with Gasteiger partial charge < -0.3 is 10.8 Å². The number of aliphatic hydroxyl groups excluding tert-OH is 1. The fraction of sp³-hybridized carbons (Fsp3) is 0.391. The van der Waals surface area contributed by atoms with Gasteiger partial charge in [-0.3, -0.25) is 9.67 Å². The third-order valence-electron chi connectivity index (χ3n) is 5.38. The molecule has 4 rings (SSSR count). The molecule has 1 aliphatic carbocycles. The summed E-state index contributed by atoms with van der Waals surface area (Å²) >= 11 is 0. The van der Waals surface area contributed by atoms with Crippen molar-refractivity contribution in [2.24, 2.45) is 0 Å². The minimum absolute atomic E-state index is 0.0615. The van der Waals surface area contributed by atoms with Crippen LogP contribution in [0.15, 0.2) is 36.8 Å². The smallest absolute Gasteiger partial charge is 0.220 e. The van der Waals surface area contributed by atoms with E-state index in [9.17, 15) is 0 Å². The number of hydrogen-bond acceptors (Lipinski definition) is 6. The Balaban J connectivity index is 1.75. The SMILES string of the molecule is CCCCc1cc(C2=CCCCc3ncc(-c4cnn(CCO)c4)cc32)nc(N)n1. The van der Waals surface area contributed by atoms with Gasteiger partial charge in [0.15, 0.2) is 0 Å². The maximum absolute atomic E-state index is 9.15. The van der Waals surface area contributed by atoms with Crippen molar-refractivity contribution < 1.29 is 5.11 Å². The van der Waals surface area contributed by atoms with Crippen molar-refractivity contribution in [2.45, 2.75) is 52.0 Å². The second-order valence-corrected chi connectivity index (χ2v) is 7.65. The van der Waals surface area contributed by atoms with Crippen LogP contribution in [-0.2, 0) is 19.4 Å². The largest absolute Gasteiger partial charge is 0.394 e. The molecule has 0 bridgehead atoms. The van der Waals surface area contributed by atoms with Crippen LogP contribution in [0.1, 0.15) is 55.3 Å². The van der Waals surface area contributed by atoms with Crippen LogP contribution >= 0.6 is 0 Å². The molecule has 0 saturated carbocycles. The quantitative estimate of drug-likeness (QED) is 0.625. The van der Waals surface area contributed by atoms with Crippen molar-refractivity contribution >= 4 is 11.5 Å².